The van der Waals surface area contributed by atoms with E-state index in [0.717, 1.165) is 32.1 Å². The van der Waals surface area contributed by atoms with Gasteiger partial charge >= 0.3 is 0 Å². The molecule has 0 atom stereocenters. The molecular formula is C21H17ClN2O2S. The van der Waals surface area contributed by atoms with Gasteiger partial charge in [-0.2, -0.15) is 0 Å². The SMILES string of the molecule is COc1cccc(Cc2nc3sc(-c4ccc(Cl)cc4)c(C)c3c(=O)[nH]2)c1. The topological polar surface area (TPSA) is 55.0 Å². The van der Waals surface area contributed by atoms with E-state index in [0.29, 0.717) is 22.7 Å². The zero-order chi connectivity index (χ0) is 19.0. The molecule has 0 amide bonds. The number of hydrogen-bond acceptors (Lipinski definition) is 4. The van der Waals surface area contributed by atoms with Crippen LogP contribution in [0.5, 0.6) is 5.75 Å². The summed E-state index contributed by atoms with van der Waals surface area (Å²) in [6.07, 6.45) is 0.537. The predicted molar refractivity (Wildman–Crippen MR) is 111 cm³/mol. The Hall–Kier alpha value is -2.63. The molecule has 1 N–H and O–H groups in total. The molecule has 4 aromatic rings. The quantitative estimate of drug-likeness (QED) is 0.515. The Labute approximate surface area is 165 Å². The van der Waals surface area contributed by atoms with Crippen LogP contribution in [0.15, 0.2) is 53.3 Å². The molecular weight excluding hydrogens is 380 g/mol. The normalized spacial score (nSPS) is 11.1. The molecule has 2 aromatic carbocycles. The number of thiophene rings is 1. The molecule has 4 rings (SSSR count). The third-order valence-electron chi connectivity index (χ3n) is 4.46. The molecule has 0 aliphatic rings. The minimum Gasteiger partial charge on any atom is -0.497 e. The number of aromatic amines is 1. The summed E-state index contributed by atoms with van der Waals surface area (Å²) in [4.78, 5) is 22.1. The molecule has 6 heteroatoms. The van der Waals surface area contributed by atoms with Gasteiger partial charge in [-0.3, -0.25) is 4.79 Å². The summed E-state index contributed by atoms with van der Waals surface area (Å²) in [5.41, 5.74) is 2.91. The fraction of sp³-hybridized carbons (Fsp3) is 0.143. The summed E-state index contributed by atoms with van der Waals surface area (Å²) in [5, 5.41) is 1.34. The number of rotatable bonds is 4. The first kappa shape index (κ1) is 17.8. The van der Waals surface area contributed by atoms with Crippen LogP contribution in [0.25, 0.3) is 20.7 Å². The number of ether oxygens (including phenoxy) is 1. The number of H-pyrrole nitrogens is 1. The van der Waals surface area contributed by atoms with Gasteiger partial charge in [-0.25, -0.2) is 4.98 Å². The summed E-state index contributed by atoms with van der Waals surface area (Å²) in [6, 6.07) is 15.4. The van der Waals surface area contributed by atoms with Gasteiger partial charge in [0.25, 0.3) is 5.56 Å². The van der Waals surface area contributed by atoms with E-state index in [9.17, 15) is 4.79 Å². The van der Waals surface area contributed by atoms with E-state index in [1.807, 2.05) is 55.5 Å². The van der Waals surface area contributed by atoms with Crippen molar-refractivity contribution in [3.8, 4) is 16.2 Å². The lowest BCUT2D eigenvalue weighted by atomic mass is 10.1. The Bertz CT molecular complexity index is 1180. The molecule has 2 aromatic heterocycles. The lowest BCUT2D eigenvalue weighted by Crippen LogP contribution is -2.11. The smallest absolute Gasteiger partial charge is 0.259 e. The van der Waals surface area contributed by atoms with Gasteiger partial charge in [-0.05, 0) is 47.9 Å². The molecule has 0 radical (unpaired) electrons. The Morgan fingerprint density at radius 1 is 1.19 bits per heavy atom. The number of nitrogens with one attached hydrogen (secondary N) is 1. The predicted octanol–water partition coefficient (Wildman–Crippen LogP) is 5.21. The Balaban J connectivity index is 1.77. The Kier molecular flexibility index (Phi) is 4.72. The number of aryl methyl sites for hydroxylation is 1. The fourth-order valence-corrected chi connectivity index (χ4v) is 4.46. The molecule has 2 heterocycles. The first-order valence-corrected chi connectivity index (χ1v) is 9.66. The second-order valence-electron chi connectivity index (χ2n) is 6.28. The number of halogens is 1. The standard InChI is InChI=1S/C21H17ClN2O2S/c1-12-18-20(25)23-17(11-13-4-3-5-16(10-13)26-2)24-21(18)27-19(12)14-6-8-15(22)9-7-14/h3-10H,11H2,1-2H3,(H,23,24,25). The first-order chi connectivity index (χ1) is 13.0. The molecule has 0 unspecified atom stereocenters. The maximum atomic E-state index is 12.7. The number of fused-ring (bicyclic) bond motifs is 1. The Morgan fingerprint density at radius 3 is 2.70 bits per heavy atom. The van der Waals surface area contributed by atoms with Crippen molar-refractivity contribution in [1.82, 2.24) is 9.97 Å². The Morgan fingerprint density at radius 2 is 1.96 bits per heavy atom. The highest BCUT2D eigenvalue weighted by molar-refractivity contribution is 7.22. The van der Waals surface area contributed by atoms with Crippen LogP contribution in [0.1, 0.15) is 17.0 Å². The second kappa shape index (κ2) is 7.18. The minimum atomic E-state index is -0.105. The molecule has 4 nitrogen and oxygen atoms in total. The van der Waals surface area contributed by atoms with E-state index in [-0.39, 0.29) is 5.56 Å². The van der Waals surface area contributed by atoms with Crippen LogP contribution in [0.3, 0.4) is 0 Å². The average molecular weight is 397 g/mol. The summed E-state index contributed by atoms with van der Waals surface area (Å²) >= 11 is 7.52. The van der Waals surface area contributed by atoms with Crippen LogP contribution in [0.4, 0.5) is 0 Å². The van der Waals surface area contributed by atoms with Gasteiger partial charge in [-0.1, -0.05) is 35.9 Å². The highest BCUT2D eigenvalue weighted by Gasteiger charge is 2.16. The summed E-state index contributed by atoms with van der Waals surface area (Å²) < 4.78 is 5.26. The van der Waals surface area contributed by atoms with Crippen molar-refractivity contribution < 1.29 is 4.74 Å². The molecule has 136 valence electrons. The maximum absolute atomic E-state index is 12.7. The van der Waals surface area contributed by atoms with Crippen LogP contribution in [0.2, 0.25) is 5.02 Å². The first-order valence-electron chi connectivity index (χ1n) is 8.46. The van der Waals surface area contributed by atoms with Crippen molar-refractivity contribution in [2.24, 2.45) is 0 Å². The van der Waals surface area contributed by atoms with Gasteiger partial charge in [0.2, 0.25) is 0 Å². The van der Waals surface area contributed by atoms with Crippen LogP contribution >= 0.6 is 22.9 Å². The molecule has 0 spiro atoms. The lowest BCUT2D eigenvalue weighted by molar-refractivity contribution is 0.414. The van der Waals surface area contributed by atoms with Crippen molar-refractivity contribution in [3.63, 3.8) is 0 Å². The number of benzene rings is 2. The molecule has 0 saturated heterocycles. The minimum absolute atomic E-state index is 0.105. The summed E-state index contributed by atoms with van der Waals surface area (Å²) in [7, 11) is 1.64. The highest BCUT2D eigenvalue weighted by Crippen LogP contribution is 2.36. The van der Waals surface area contributed by atoms with Crippen molar-refractivity contribution in [2.45, 2.75) is 13.3 Å². The summed E-state index contributed by atoms with van der Waals surface area (Å²) in [5.74, 6) is 1.43. The number of nitrogens with zero attached hydrogens (tertiary/aromatic N) is 1. The summed E-state index contributed by atoms with van der Waals surface area (Å²) in [6.45, 7) is 1.96. The lowest BCUT2D eigenvalue weighted by Gasteiger charge is -2.04. The van der Waals surface area contributed by atoms with Crippen molar-refractivity contribution >= 4 is 33.2 Å². The van der Waals surface area contributed by atoms with Crippen LogP contribution < -0.4 is 10.3 Å². The van der Waals surface area contributed by atoms with Crippen LogP contribution in [0, 0.1) is 6.92 Å². The fourth-order valence-electron chi connectivity index (χ4n) is 3.12. The van der Waals surface area contributed by atoms with E-state index in [2.05, 4.69) is 4.98 Å². The second-order valence-corrected chi connectivity index (χ2v) is 7.72. The van der Waals surface area contributed by atoms with E-state index in [1.165, 1.54) is 11.3 Å². The number of hydrogen-bond donors (Lipinski definition) is 1. The monoisotopic (exact) mass is 396 g/mol. The average Bonchev–Trinajstić information content (AvgIpc) is 2.99. The zero-order valence-electron chi connectivity index (χ0n) is 14.9. The molecule has 0 aliphatic carbocycles. The number of methoxy groups -OCH3 is 1. The molecule has 0 bridgehead atoms. The van der Waals surface area contributed by atoms with Crippen molar-refractivity contribution in [1.29, 1.82) is 0 Å². The third kappa shape index (κ3) is 3.48. The third-order valence-corrected chi connectivity index (χ3v) is 5.95. The van der Waals surface area contributed by atoms with E-state index < -0.39 is 0 Å². The number of aromatic nitrogens is 2. The van der Waals surface area contributed by atoms with Gasteiger partial charge in [0.05, 0.1) is 12.5 Å². The van der Waals surface area contributed by atoms with Gasteiger partial charge < -0.3 is 9.72 Å². The van der Waals surface area contributed by atoms with E-state index in [4.69, 9.17) is 21.3 Å². The van der Waals surface area contributed by atoms with Crippen LogP contribution in [-0.2, 0) is 6.42 Å². The molecule has 0 saturated carbocycles. The molecule has 27 heavy (non-hydrogen) atoms. The zero-order valence-corrected chi connectivity index (χ0v) is 16.4. The maximum Gasteiger partial charge on any atom is 0.259 e. The highest BCUT2D eigenvalue weighted by atomic mass is 35.5. The van der Waals surface area contributed by atoms with Gasteiger partial charge in [0.1, 0.15) is 16.4 Å². The molecule has 0 aliphatic heterocycles. The van der Waals surface area contributed by atoms with E-state index >= 15 is 0 Å². The largest absolute Gasteiger partial charge is 0.497 e. The van der Waals surface area contributed by atoms with Crippen molar-refractivity contribution in [3.05, 3.63) is 80.9 Å². The van der Waals surface area contributed by atoms with Crippen molar-refractivity contribution in [2.75, 3.05) is 7.11 Å². The van der Waals surface area contributed by atoms with Gasteiger partial charge in [0, 0.05) is 16.3 Å². The van der Waals surface area contributed by atoms with Gasteiger partial charge in [0.15, 0.2) is 0 Å². The van der Waals surface area contributed by atoms with E-state index in [1.54, 1.807) is 7.11 Å². The van der Waals surface area contributed by atoms with Crippen LogP contribution in [-0.4, -0.2) is 17.1 Å². The van der Waals surface area contributed by atoms with Gasteiger partial charge in [-0.15, -0.1) is 11.3 Å². The molecule has 0 fully saturated rings.